The van der Waals surface area contributed by atoms with Gasteiger partial charge in [-0.3, -0.25) is 4.79 Å². The van der Waals surface area contributed by atoms with Gasteiger partial charge in [0.25, 0.3) is 0 Å². The van der Waals surface area contributed by atoms with Crippen LogP contribution in [0.4, 0.5) is 5.69 Å². The first-order chi connectivity index (χ1) is 11.4. The highest BCUT2D eigenvalue weighted by molar-refractivity contribution is 7.89. The highest BCUT2D eigenvalue weighted by Crippen LogP contribution is 2.23. The first-order valence-corrected chi connectivity index (χ1v) is 9.28. The van der Waals surface area contributed by atoms with Crippen LogP contribution >= 0.6 is 11.6 Å². The summed E-state index contributed by atoms with van der Waals surface area (Å²) >= 11 is 6.03. The maximum atomic E-state index is 12.6. The zero-order valence-electron chi connectivity index (χ0n) is 13.5. The third-order valence-electron chi connectivity index (χ3n) is 3.60. The molecule has 2 aromatic carbocycles. The average Bonchev–Trinajstić information content (AvgIpc) is 2.57. The molecule has 0 radical (unpaired) electrons. The Kier molecular flexibility index (Phi) is 5.99. The van der Waals surface area contributed by atoms with Crippen LogP contribution in [0.15, 0.2) is 53.4 Å². The van der Waals surface area contributed by atoms with Crippen LogP contribution in [0.2, 0.25) is 5.02 Å². The Bertz CT molecular complexity index is 823. The summed E-state index contributed by atoms with van der Waals surface area (Å²) in [7, 11) is -3.71. The summed E-state index contributed by atoms with van der Waals surface area (Å²) in [5.41, 5.74) is 1.31. The van der Waals surface area contributed by atoms with Crippen molar-refractivity contribution in [3.05, 3.63) is 59.1 Å². The summed E-state index contributed by atoms with van der Waals surface area (Å²) in [6.45, 7) is 3.41. The number of hydrogen-bond donors (Lipinski definition) is 1. The lowest BCUT2D eigenvalue weighted by atomic mass is 10.2. The number of nitrogens with one attached hydrogen (secondary N) is 1. The SMILES string of the molecule is CCN(CC(=O)Nc1cccc(Cl)c1C)S(=O)(=O)c1ccccc1. The molecule has 0 aliphatic heterocycles. The monoisotopic (exact) mass is 366 g/mol. The molecule has 7 heteroatoms. The minimum Gasteiger partial charge on any atom is -0.325 e. The normalized spacial score (nSPS) is 11.5. The number of benzene rings is 2. The lowest BCUT2D eigenvalue weighted by molar-refractivity contribution is -0.116. The van der Waals surface area contributed by atoms with Gasteiger partial charge in [0, 0.05) is 17.3 Å². The summed E-state index contributed by atoms with van der Waals surface area (Å²) in [6.07, 6.45) is 0. The first kappa shape index (κ1) is 18.4. The van der Waals surface area contributed by atoms with E-state index in [0.29, 0.717) is 10.7 Å². The van der Waals surface area contributed by atoms with Gasteiger partial charge in [-0.15, -0.1) is 0 Å². The van der Waals surface area contributed by atoms with E-state index in [1.807, 2.05) is 0 Å². The van der Waals surface area contributed by atoms with Crippen molar-refractivity contribution < 1.29 is 13.2 Å². The number of rotatable bonds is 6. The highest BCUT2D eigenvalue weighted by Gasteiger charge is 2.25. The quantitative estimate of drug-likeness (QED) is 0.853. The number of hydrogen-bond acceptors (Lipinski definition) is 3. The van der Waals surface area contributed by atoms with E-state index in [1.165, 1.54) is 12.1 Å². The first-order valence-electron chi connectivity index (χ1n) is 7.46. The van der Waals surface area contributed by atoms with Crippen LogP contribution < -0.4 is 5.32 Å². The van der Waals surface area contributed by atoms with Crippen LogP contribution in [0, 0.1) is 6.92 Å². The number of halogens is 1. The Morgan fingerprint density at radius 3 is 2.42 bits per heavy atom. The Labute approximate surface area is 147 Å². The fourth-order valence-electron chi connectivity index (χ4n) is 2.20. The number of likely N-dealkylation sites (N-methyl/N-ethyl adjacent to an activating group) is 1. The van der Waals surface area contributed by atoms with Crippen molar-refractivity contribution in [3.63, 3.8) is 0 Å². The minimum atomic E-state index is -3.71. The maximum Gasteiger partial charge on any atom is 0.243 e. The molecule has 0 saturated heterocycles. The molecule has 0 fully saturated rings. The molecule has 2 rings (SSSR count). The van der Waals surface area contributed by atoms with Crippen molar-refractivity contribution in [1.82, 2.24) is 4.31 Å². The molecule has 0 heterocycles. The maximum absolute atomic E-state index is 12.6. The second kappa shape index (κ2) is 7.79. The van der Waals surface area contributed by atoms with Crippen LogP contribution in [0.25, 0.3) is 0 Å². The molecule has 0 spiro atoms. The zero-order chi connectivity index (χ0) is 17.7. The van der Waals surface area contributed by atoms with Crippen LogP contribution in [0.1, 0.15) is 12.5 Å². The summed E-state index contributed by atoms with van der Waals surface area (Å²) in [5.74, 6) is -0.415. The lowest BCUT2D eigenvalue weighted by Gasteiger charge is -2.20. The fraction of sp³-hybridized carbons (Fsp3) is 0.235. The van der Waals surface area contributed by atoms with E-state index < -0.39 is 15.9 Å². The fourth-order valence-corrected chi connectivity index (χ4v) is 3.80. The molecule has 1 amide bonds. The van der Waals surface area contributed by atoms with E-state index in [4.69, 9.17) is 11.6 Å². The van der Waals surface area contributed by atoms with Crippen LogP contribution in [-0.4, -0.2) is 31.7 Å². The van der Waals surface area contributed by atoms with Crippen molar-refractivity contribution in [3.8, 4) is 0 Å². The Morgan fingerprint density at radius 2 is 1.79 bits per heavy atom. The van der Waals surface area contributed by atoms with Crippen LogP contribution in [0.3, 0.4) is 0 Å². The second-order valence-electron chi connectivity index (χ2n) is 5.20. The average molecular weight is 367 g/mol. The molecule has 2 aromatic rings. The molecule has 0 aromatic heterocycles. The van der Waals surface area contributed by atoms with Gasteiger partial charge in [0.1, 0.15) is 0 Å². The predicted octanol–water partition coefficient (Wildman–Crippen LogP) is 3.30. The molecule has 0 unspecified atom stereocenters. The summed E-state index contributed by atoms with van der Waals surface area (Å²) < 4.78 is 26.3. The Morgan fingerprint density at radius 1 is 1.12 bits per heavy atom. The van der Waals surface area contributed by atoms with Crippen molar-refractivity contribution >= 4 is 33.2 Å². The van der Waals surface area contributed by atoms with Gasteiger partial charge in [0.15, 0.2) is 0 Å². The Balaban J connectivity index is 2.15. The van der Waals surface area contributed by atoms with Crippen molar-refractivity contribution in [2.24, 2.45) is 0 Å². The standard InChI is InChI=1S/C17H19ClN2O3S/c1-3-20(24(22,23)14-8-5-4-6-9-14)12-17(21)19-16-11-7-10-15(18)13(16)2/h4-11H,3,12H2,1-2H3,(H,19,21). The summed E-state index contributed by atoms with van der Waals surface area (Å²) in [6, 6.07) is 13.2. The van der Waals surface area contributed by atoms with Crippen LogP contribution in [-0.2, 0) is 14.8 Å². The molecule has 0 aliphatic rings. The number of sulfonamides is 1. The zero-order valence-corrected chi connectivity index (χ0v) is 15.1. The third kappa shape index (κ3) is 4.14. The number of carbonyl (C=O) groups excluding carboxylic acids is 1. The number of nitrogens with zero attached hydrogens (tertiary/aromatic N) is 1. The molecule has 1 N–H and O–H groups in total. The molecule has 0 saturated carbocycles. The molecule has 24 heavy (non-hydrogen) atoms. The van der Waals surface area contributed by atoms with Gasteiger partial charge in [0.2, 0.25) is 15.9 Å². The minimum absolute atomic E-state index is 0.165. The van der Waals surface area contributed by atoms with Gasteiger partial charge < -0.3 is 5.32 Å². The van der Waals surface area contributed by atoms with E-state index >= 15 is 0 Å². The van der Waals surface area contributed by atoms with Crippen molar-refractivity contribution in [2.45, 2.75) is 18.7 Å². The van der Waals surface area contributed by atoms with Crippen molar-refractivity contribution in [2.75, 3.05) is 18.4 Å². The van der Waals surface area contributed by atoms with Gasteiger partial charge >= 0.3 is 0 Å². The van der Waals surface area contributed by atoms with E-state index in [9.17, 15) is 13.2 Å². The number of amides is 1. The lowest BCUT2D eigenvalue weighted by Crippen LogP contribution is -2.37. The van der Waals surface area contributed by atoms with Gasteiger partial charge in [-0.1, -0.05) is 42.8 Å². The Hall–Kier alpha value is -1.89. The summed E-state index contributed by atoms with van der Waals surface area (Å²) in [5, 5.41) is 3.25. The summed E-state index contributed by atoms with van der Waals surface area (Å²) in [4.78, 5) is 12.4. The molecule has 0 aliphatic carbocycles. The van der Waals surface area contributed by atoms with Crippen molar-refractivity contribution in [1.29, 1.82) is 0 Å². The van der Waals surface area contributed by atoms with E-state index in [1.54, 1.807) is 50.2 Å². The molecule has 5 nitrogen and oxygen atoms in total. The number of carbonyl (C=O) groups is 1. The second-order valence-corrected chi connectivity index (χ2v) is 7.55. The molecule has 0 bridgehead atoms. The largest absolute Gasteiger partial charge is 0.325 e. The van der Waals surface area contributed by atoms with Gasteiger partial charge in [-0.2, -0.15) is 4.31 Å². The van der Waals surface area contributed by atoms with Gasteiger partial charge in [-0.25, -0.2) is 8.42 Å². The van der Waals surface area contributed by atoms with E-state index in [2.05, 4.69) is 5.32 Å². The third-order valence-corrected chi connectivity index (χ3v) is 5.94. The predicted molar refractivity (Wildman–Crippen MR) is 95.7 cm³/mol. The number of anilines is 1. The molecular weight excluding hydrogens is 348 g/mol. The highest BCUT2D eigenvalue weighted by atomic mass is 35.5. The van der Waals surface area contributed by atoms with Crippen LogP contribution in [0.5, 0.6) is 0 Å². The van der Waals surface area contributed by atoms with E-state index in [0.717, 1.165) is 9.87 Å². The molecular formula is C17H19ClN2O3S. The van der Waals surface area contributed by atoms with Gasteiger partial charge in [0.05, 0.1) is 11.4 Å². The molecule has 0 atom stereocenters. The van der Waals surface area contributed by atoms with Gasteiger partial charge in [-0.05, 0) is 36.8 Å². The molecule has 128 valence electrons. The smallest absolute Gasteiger partial charge is 0.243 e. The topological polar surface area (TPSA) is 66.5 Å². The van der Waals surface area contributed by atoms with E-state index in [-0.39, 0.29) is 18.0 Å².